The molecule has 0 aliphatic heterocycles. The topological polar surface area (TPSA) is 46.5 Å². The molecule has 0 spiro atoms. The molecule has 0 unspecified atom stereocenters. The van der Waals surface area contributed by atoms with Crippen LogP contribution in [0, 0.1) is 0 Å². The van der Waals surface area contributed by atoms with E-state index in [1.165, 1.54) is 0 Å². The van der Waals surface area contributed by atoms with Gasteiger partial charge in [-0.15, -0.1) is 0 Å². The Morgan fingerprint density at radius 2 is 2.10 bits per heavy atom. The Morgan fingerprint density at radius 1 is 1.60 bits per heavy atom. The highest BCUT2D eigenvalue weighted by atomic mass is 19.3. The van der Waals surface area contributed by atoms with E-state index in [1.54, 1.807) is 0 Å². The minimum Gasteiger partial charge on any atom is -0.449 e. The highest BCUT2D eigenvalue weighted by Crippen LogP contribution is 2.04. The fraction of sp³-hybridized carbons (Fsp3) is 0.250. The Labute approximate surface area is 53.7 Å². The Hall–Kier alpha value is -1.20. The Kier molecular flexibility index (Phi) is 3.30. The smallest absolute Gasteiger partial charge is 0.449 e. The Morgan fingerprint density at radius 3 is 2.40 bits per heavy atom. The van der Waals surface area contributed by atoms with Crippen molar-refractivity contribution in [1.29, 1.82) is 0 Å². The zero-order chi connectivity index (χ0) is 8.15. The zero-order valence-electron chi connectivity index (χ0n) is 4.55. The molecule has 0 heterocycles. The van der Waals surface area contributed by atoms with Gasteiger partial charge in [0.25, 0.3) is 12.4 Å². The number of hydrogen-bond acceptors (Lipinski definition) is 2. The van der Waals surface area contributed by atoms with Gasteiger partial charge in [-0.05, 0) is 0 Å². The van der Waals surface area contributed by atoms with Gasteiger partial charge in [0, 0.05) is 0 Å². The van der Waals surface area contributed by atoms with Crippen molar-refractivity contribution in [2.24, 2.45) is 0 Å². The van der Waals surface area contributed by atoms with E-state index in [0.717, 1.165) is 0 Å². The van der Waals surface area contributed by atoms with Crippen LogP contribution >= 0.6 is 0 Å². The van der Waals surface area contributed by atoms with Crippen molar-refractivity contribution in [3.05, 3.63) is 12.1 Å². The SMILES string of the molecule is O=C(O)O/C(F)=C/C(F)F. The second-order valence-corrected chi connectivity index (χ2v) is 1.17. The van der Waals surface area contributed by atoms with Gasteiger partial charge in [0.1, 0.15) is 0 Å². The third-order valence-corrected chi connectivity index (χ3v) is 0.442. The number of hydrogen-bond donors (Lipinski definition) is 1. The molecule has 0 aliphatic carbocycles. The molecule has 10 heavy (non-hydrogen) atoms. The van der Waals surface area contributed by atoms with Crippen molar-refractivity contribution >= 4 is 6.16 Å². The van der Waals surface area contributed by atoms with Crippen molar-refractivity contribution < 1.29 is 27.8 Å². The fourth-order valence-electron chi connectivity index (χ4n) is 0.216. The van der Waals surface area contributed by atoms with Gasteiger partial charge in [-0.3, -0.25) is 0 Å². The maximum atomic E-state index is 11.7. The summed E-state index contributed by atoms with van der Waals surface area (Å²) >= 11 is 0. The van der Waals surface area contributed by atoms with Gasteiger partial charge < -0.3 is 9.84 Å². The standard InChI is InChI=1S/C4H3F3O3/c5-2(6)1-3(7)10-4(8)9/h1-2H,(H,8,9)/b3-1+. The predicted molar refractivity (Wildman–Crippen MR) is 24.3 cm³/mol. The van der Waals surface area contributed by atoms with E-state index in [1.807, 2.05) is 0 Å². The number of carbonyl (C=O) groups is 1. The molecule has 3 nitrogen and oxygen atoms in total. The molecule has 0 bridgehead atoms. The molecule has 58 valence electrons. The number of alkyl halides is 2. The lowest BCUT2D eigenvalue weighted by Crippen LogP contribution is -1.98. The van der Waals surface area contributed by atoms with E-state index in [-0.39, 0.29) is 6.08 Å². The number of carboxylic acid groups (broad SMARTS) is 1. The van der Waals surface area contributed by atoms with E-state index in [2.05, 4.69) is 4.74 Å². The van der Waals surface area contributed by atoms with Gasteiger partial charge in [-0.1, -0.05) is 0 Å². The Balaban J connectivity index is 3.82. The highest BCUT2D eigenvalue weighted by Gasteiger charge is 2.06. The molecule has 0 atom stereocenters. The largest absolute Gasteiger partial charge is 0.513 e. The highest BCUT2D eigenvalue weighted by molar-refractivity contribution is 5.58. The van der Waals surface area contributed by atoms with Crippen LogP contribution in [0.3, 0.4) is 0 Å². The van der Waals surface area contributed by atoms with Crippen LogP contribution in [0.5, 0.6) is 0 Å². The molecule has 6 heteroatoms. The molecule has 1 N–H and O–H groups in total. The first-order chi connectivity index (χ1) is 4.52. The van der Waals surface area contributed by atoms with Gasteiger partial charge in [0.05, 0.1) is 6.08 Å². The van der Waals surface area contributed by atoms with Gasteiger partial charge in [-0.2, -0.15) is 4.39 Å². The van der Waals surface area contributed by atoms with Gasteiger partial charge in [0.15, 0.2) is 0 Å². The van der Waals surface area contributed by atoms with Crippen LogP contribution in [0.1, 0.15) is 0 Å². The van der Waals surface area contributed by atoms with E-state index in [0.29, 0.717) is 0 Å². The molecular formula is C4H3F3O3. The second kappa shape index (κ2) is 3.76. The molecule has 0 aromatic heterocycles. The molecule has 0 saturated heterocycles. The summed E-state index contributed by atoms with van der Waals surface area (Å²) in [4.78, 5) is 9.44. The van der Waals surface area contributed by atoms with Crippen LogP contribution in [-0.2, 0) is 4.74 Å². The van der Waals surface area contributed by atoms with E-state index in [9.17, 15) is 18.0 Å². The quantitative estimate of drug-likeness (QED) is 0.489. The average Bonchev–Trinajstić information content (AvgIpc) is 1.58. The summed E-state index contributed by atoms with van der Waals surface area (Å²) in [5.74, 6) is 0. The van der Waals surface area contributed by atoms with Crippen molar-refractivity contribution in [3.63, 3.8) is 0 Å². The minimum absolute atomic E-state index is 0.256. The zero-order valence-corrected chi connectivity index (χ0v) is 4.55. The van der Waals surface area contributed by atoms with Crippen molar-refractivity contribution in [1.82, 2.24) is 0 Å². The minimum atomic E-state index is -3.06. The van der Waals surface area contributed by atoms with Crippen molar-refractivity contribution in [3.8, 4) is 0 Å². The van der Waals surface area contributed by atoms with Crippen molar-refractivity contribution in [2.45, 2.75) is 6.43 Å². The molecule has 0 aromatic rings. The molecule has 0 aliphatic rings. The number of allylic oxidation sites excluding steroid dienone is 1. The Bertz CT molecular complexity index is 154. The van der Waals surface area contributed by atoms with E-state index >= 15 is 0 Å². The molecule has 0 rings (SSSR count). The van der Waals surface area contributed by atoms with E-state index < -0.39 is 18.6 Å². The molecule has 0 radical (unpaired) electrons. The summed E-state index contributed by atoms with van der Waals surface area (Å²) in [5.41, 5.74) is 0. The van der Waals surface area contributed by atoms with Crippen LogP contribution in [0.25, 0.3) is 0 Å². The number of halogens is 3. The summed E-state index contributed by atoms with van der Waals surface area (Å²) in [5, 5.41) is 7.65. The van der Waals surface area contributed by atoms with Crippen LogP contribution in [0.2, 0.25) is 0 Å². The molecular weight excluding hydrogens is 153 g/mol. The maximum absolute atomic E-state index is 11.7. The average molecular weight is 156 g/mol. The lowest BCUT2D eigenvalue weighted by molar-refractivity contribution is 0.0937. The van der Waals surface area contributed by atoms with Crippen LogP contribution in [0.4, 0.5) is 18.0 Å². The third-order valence-electron chi connectivity index (χ3n) is 0.442. The number of ether oxygens (including phenoxy) is 1. The lowest BCUT2D eigenvalue weighted by Gasteiger charge is -1.92. The van der Waals surface area contributed by atoms with Crippen LogP contribution < -0.4 is 0 Å². The first-order valence-electron chi connectivity index (χ1n) is 2.08. The summed E-state index contributed by atoms with van der Waals surface area (Å²) in [6, 6.07) is -1.82. The van der Waals surface area contributed by atoms with Gasteiger partial charge >= 0.3 is 6.16 Å². The number of rotatable bonds is 2. The molecule has 0 saturated carbocycles. The first-order valence-corrected chi connectivity index (χ1v) is 2.08. The third kappa shape index (κ3) is 4.95. The fourth-order valence-corrected chi connectivity index (χ4v) is 0.216. The van der Waals surface area contributed by atoms with Crippen LogP contribution in [-0.4, -0.2) is 17.7 Å². The van der Waals surface area contributed by atoms with Crippen molar-refractivity contribution in [2.75, 3.05) is 0 Å². The second-order valence-electron chi connectivity index (χ2n) is 1.17. The predicted octanol–water partition coefficient (Wildman–Crippen LogP) is 1.76. The normalized spacial score (nSPS) is 11.8. The summed E-state index contributed by atoms with van der Waals surface area (Å²) in [7, 11) is 0. The summed E-state index contributed by atoms with van der Waals surface area (Å²) in [6.45, 7) is 0. The maximum Gasteiger partial charge on any atom is 0.513 e. The van der Waals surface area contributed by atoms with Gasteiger partial charge in [0.2, 0.25) is 0 Å². The monoisotopic (exact) mass is 156 g/mol. The molecule has 0 aromatic carbocycles. The molecule has 0 amide bonds. The lowest BCUT2D eigenvalue weighted by atomic mass is 10.6. The summed E-state index contributed by atoms with van der Waals surface area (Å²) in [6.07, 6.45) is -5.28. The first kappa shape index (κ1) is 8.80. The summed E-state index contributed by atoms with van der Waals surface area (Å²) < 4.78 is 37.2. The van der Waals surface area contributed by atoms with E-state index in [4.69, 9.17) is 5.11 Å². The molecule has 0 fully saturated rings. The van der Waals surface area contributed by atoms with Crippen LogP contribution in [0.15, 0.2) is 12.1 Å². The van der Waals surface area contributed by atoms with Gasteiger partial charge in [-0.25, -0.2) is 13.6 Å².